The molecule has 0 aliphatic carbocycles. The normalized spacial score (nSPS) is 18.2. The van der Waals surface area contributed by atoms with Crippen LogP contribution >= 0.6 is 11.6 Å². The van der Waals surface area contributed by atoms with Gasteiger partial charge in [0.25, 0.3) is 0 Å². The molecule has 1 heterocycles. The van der Waals surface area contributed by atoms with Gasteiger partial charge in [-0.1, -0.05) is 11.6 Å². The molecule has 1 aromatic carbocycles. The monoisotopic (exact) mass is 337 g/mol. The second-order valence-corrected chi connectivity index (χ2v) is 6.33. The fourth-order valence-corrected chi connectivity index (χ4v) is 2.90. The average molecular weight is 338 g/mol. The van der Waals surface area contributed by atoms with E-state index in [1.807, 2.05) is 13.8 Å². The van der Waals surface area contributed by atoms with Gasteiger partial charge in [0.1, 0.15) is 0 Å². The summed E-state index contributed by atoms with van der Waals surface area (Å²) in [6.45, 7) is 4.27. The largest absolute Gasteiger partial charge is 0.366 e. The summed E-state index contributed by atoms with van der Waals surface area (Å²) in [5.74, 6) is -0.958. The van der Waals surface area contributed by atoms with E-state index in [2.05, 4.69) is 5.32 Å². The summed E-state index contributed by atoms with van der Waals surface area (Å²) >= 11 is 5.97. The molecular formula is C16H20ClN3O3. The smallest absolute Gasteiger partial charge is 0.250 e. The van der Waals surface area contributed by atoms with E-state index in [1.54, 1.807) is 11.0 Å². The number of carbonyl (C=O) groups is 3. The number of primary amides is 1. The Kier molecular flexibility index (Phi) is 5.26. The van der Waals surface area contributed by atoms with E-state index in [0.29, 0.717) is 25.1 Å². The Morgan fingerprint density at radius 1 is 1.39 bits per heavy atom. The standard InChI is InChI=1S/C16H20ClN3O3/c1-9(2)20-8-10(3-6-14(20)21)16(23)19-11-4-5-12(15(18)22)13(17)7-11/h4-5,7,9-10H,3,6,8H2,1-2H3,(H2,18,22)(H,19,23). The molecule has 0 aromatic heterocycles. The lowest BCUT2D eigenvalue weighted by Gasteiger charge is -2.34. The second kappa shape index (κ2) is 7.00. The number of anilines is 1. The van der Waals surface area contributed by atoms with Gasteiger partial charge in [-0.3, -0.25) is 14.4 Å². The highest BCUT2D eigenvalue weighted by atomic mass is 35.5. The van der Waals surface area contributed by atoms with E-state index in [9.17, 15) is 14.4 Å². The van der Waals surface area contributed by atoms with Crippen LogP contribution in [0.2, 0.25) is 5.02 Å². The van der Waals surface area contributed by atoms with Crippen LogP contribution in [0, 0.1) is 5.92 Å². The molecule has 0 radical (unpaired) electrons. The number of nitrogens with two attached hydrogens (primary N) is 1. The van der Waals surface area contributed by atoms with Crippen LogP contribution in [-0.4, -0.2) is 35.2 Å². The average Bonchev–Trinajstić information content (AvgIpc) is 2.46. The molecule has 2 rings (SSSR count). The van der Waals surface area contributed by atoms with Gasteiger partial charge in [-0.15, -0.1) is 0 Å². The highest BCUT2D eigenvalue weighted by Gasteiger charge is 2.31. The first-order chi connectivity index (χ1) is 10.8. The number of carbonyl (C=O) groups excluding carboxylic acids is 3. The third-order valence-electron chi connectivity index (χ3n) is 3.94. The minimum absolute atomic E-state index is 0.0717. The maximum Gasteiger partial charge on any atom is 0.250 e. The van der Waals surface area contributed by atoms with Crippen LogP contribution in [0.4, 0.5) is 5.69 Å². The Hall–Kier alpha value is -2.08. The predicted molar refractivity (Wildman–Crippen MR) is 88.2 cm³/mol. The number of likely N-dealkylation sites (tertiary alicyclic amines) is 1. The summed E-state index contributed by atoms with van der Waals surface area (Å²) in [5, 5.41) is 2.97. The SMILES string of the molecule is CC(C)N1CC(C(=O)Nc2ccc(C(N)=O)c(Cl)c2)CCC1=O. The number of nitrogens with zero attached hydrogens (tertiary/aromatic N) is 1. The van der Waals surface area contributed by atoms with Crippen LogP contribution in [0.15, 0.2) is 18.2 Å². The molecule has 1 fully saturated rings. The molecule has 1 aromatic rings. The van der Waals surface area contributed by atoms with E-state index < -0.39 is 5.91 Å². The highest BCUT2D eigenvalue weighted by molar-refractivity contribution is 6.34. The number of amides is 3. The van der Waals surface area contributed by atoms with Crippen LogP contribution in [0.3, 0.4) is 0 Å². The van der Waals surface area contributed by atoms with E-state index in [4.69, 9.17) is 17.3 Å². The first kappa shape index (κ1) is 17.3. The Balaban J connectivity index is 2.06. The first-order valence-electron chi connectivity index (χ1n) is 7.49. The summed E-state index contributed by atoms with van der Waals surface area (Å²) in [7, 11) is 0. The molecule has 1 aliphatic heterocycles. The fraction of sp³-hybridized carbons (Fsp3) is 0.438. The molecule has 3 N–H and O–H groups in total. The molecule has 0 saturated carbocycles. The Bertz CT molecular complexity index is 645. The number of halogens is 1. The zero-order valence-electron chi connectivity index (χ0n) is 13.1. The van der Waals surface area contributed by atoms with Gasteiger partial charge >= 0.3 is 0 Å². The van der Waals surface area contributed by atoms with Crippen molar-refractivity contribution in [1.82, 2.24) is 4.90 Å². The van der Waals surface area contributed by atoms with Gasteiger partial charge in [-0.05, 0) is 38.5 Å². The molecule has 0 bridgehead atoms. The van der Waals surface area contributed by atoms with E-state index in [0.717, 1.165) is 0 Å². The number of benzene rings is 1. The lowest BCUT2D eigenvalue weighted by Crippen LogP contribution is -2.47. The van der Waals surface area contributed by atoms with Crippen molar-refractivity contribution in [2.75, 3.05) is 11.9 Å². The number of piperidine rings is 1. The summed E-state index contributed by atoms with van der Waals surface area (Å²) in [6.07, 6.45) is 0.901. The van der Waals surface area contributed by atoms with Crippen LogP contribution in [0.5, 0.6) is 0 Å². The fourth-order valence-electron chi connectivity index (χ4n) is 2.62. The van der Waals surface area contributed by atoms with Gasteiger partial charge in [0.2, 0.25) is 17.7 Å². The van der Waals surface area contributed by atoms with Crippen molar-refractivity contribution in [3.05, 3.63) is 28.8 Å². The van der Waals surface area contributed by atoms with Crippen molar-refractivity contribution in [2.45, 2.75) is 32.7 Å². The van der Waals surface area contributed by atoms with Crippen LogP contribution < -0.4 is 11.1 Å². The Labute approximate surface area is 140 Å². The Morgan fingerprint density at radius 3 is 2.65 bits per heavy atom. The lowest BCUT2D eigenvalue weighted by molar-refractivity contribution is -0.138. The summed E-state index contributed by atoms with van der Waals surface area (Å²) in [6, 6.07) is 4.62. The number of nitrogens with one attached hydrogen (secondary N) is 1. The molecular weight excluding hydrogens is 318 g/mol. The molecule has 1 aliphatic rings. The van der Waals surface area contributed by atoms with Gasteiger partial charge in [-0.2, -0.15) is 0 Å². The second-order valence-electron chi connectivity index (χ2n) is 5.92. The summed E-state index contributed by atoms with van der Waals surface area (Å²) < 4.78 is 0. The van der Waals surface area contributed by atoms with E-state index in [1.165, 1.54) is 12.1 Å². The van der Waals surface area contributed by atoms with Gasteiger partial charge in [0, 0.05) is 24.7 Å². The first-order valence-corrected chi connectivity index (χ1v) is 7.87. The van der Waals surface area contributed by atoms with Crippen LogP contribution in [-0.2, 0) is 9.59 Å². The van der Waals surface area contributed by atoms with E-state index >= 15 is 0 Å². The van der Waals surface area contributed by atoms with Crippen molar-refractivity contribution in [1.29, 1.82) is 0 Å². The topological polar surface area (TPSA) is 92.5 Å². The predicted octanol–water partition coefficient (Wildman–Crippen LogP) is 2.02. The molecule has 7 heteroatoms. The zero-order chi connectivity index (χ0) is 17.1. The van der Waals surface area contributed by atoms with Crippen molar-refractivity contribution < 1.29 is 14.4 Å². The van der Waals surface area contributed by atoms with Crippen molar-refractivity contribution in [3.8, 4) is 0 Å². The molecule has 1 unspecified atom stereocenters. The van der Waals surface area contributed by atoms with Crippen molar-refractivity contribution in [2.24, 2.45) is 11.7 Å². The molecule has 23 heavy (non-hydrogen) atoms. The molecule has 1 saturated heterocycles. The minimum Gasteiger partial charge on any atom is -0.366 e. The number of rotatable bonds is 4. The van der Waals surface area contributed by atoms with Gasteiger partial charge in [0.15, 0.2) is 0 Å². The van der Waals surface area contributed by atoms with Gasteiger partial charge in [-0.25, -0.2) is 0 Å². The summed E-state index contributed by atoms with van der Waals surface area (Å²) in [5.41, 5.74) is 5.90. The third-order valence-corrected chi connectivity index (χ3v) is 4.25. The maximum atomic E-state index is 12.4. The van der Waals surface area contributed by atoms with Crippen molar-refractivity contribution in [3.63, 3.8) is 0 Å². The number of hydrogen-bond acceptors (Lipinski definition) is 3. The van der Waals surface area contributed by atoms with E-state index in [-0.39, 0.29) is 34.4 Å². The lowest BCUT2D eigenvalue weighted by atomic mass is 9.95. The Morgan fingerprint density at radius 2 is 2.09 bits per heavy atom. The maximum absolute atomic E-state index is 12.4. The molecule has 6 nitrogen and oxygen atoms in total. The highest BCUT2D eigenvalue weighted by Crippen LogP contribution is 2.24. The van der Waals surface area contributed by atoms with Crippen LogP contribution in [0.1, 0.15) is 37.0 Å². The number of hydrogen-bond donors (Lipinski definition) is 2. The zero-order valence-corrected chi connectivity index (χ0v) is 13.9. The molecule has 3 amide bonds. The van der Waals surface area contributed by atoms with Gasteiger partial charge in [0.05, 0.1) is 16.5 Å². The molecule has 1 atom stereocenters. The molecule has 124 valence electrons. The molecule has 0 spiro atoms. The van der Waals surface area contributed by atoms with Crippen LogP contribution in [0.25, 0.3) is 0 Å². The third kappa shape index (κ3) is 4.01. The quantitative estimate of drug-likeness (QED) is 0.880. The van der Waals surface area contributed by atoms with Crippen molar-refractivity contribution >= 4 is 35.0 Å². The van der Waals surface area contributed by atoms with Gasteiger partial charge < -0.3 is 16.0 Å². The summed E-state index contributed by atoms with van der Waals surface area (Å²) in [4.78, 5) is 37.1. The minimum atomic E-state index is -0.619.